The van der Waals surface area contributed by atoms with Gasteiger partial charge in [-0.25, -0.2) is 0 Å². The molecule has 0 saturated heterocycles. The van der Waals surface area contributed by atoms with Gasteiger partial charge in [0.2, 0.25) is 5.91 Å². The molecule has 1 aromatic heterocycles. The molecule has 98 valence electrons. The molecule has 4 nitrogen and oxygen atoms in total. The number of aliphatic hydroxyl groups excluding tert-OH is 1. The van der Waals surface area contributed by atoms with Crippen LogP contribution in [0.25, 0.3) is 0 Å². The fourth-order valence-electron chi connectivity index (χ4n) is 1.16. The molecule has 1 heterocycles. The first-order valence-electron chi connectivity index (χ1n) is 5.61. The lowest BCUT2D eigenvalue weighted by Gasteiger charge is -2.13. The monoisotopic (exact) mass is 284 g/mol. The van der Waals surface area contributed by atoms with E-state index in [2.05, 4.69) is 5.32 Å². The van der Waals surface area contributed by atoms with Crippen molar-refractivity contribution >= 4 is 34.0 Å². The molecule has 1 aromatic rings. The van der Waals surface area contributed by atoms with Crippen LogP contribution in [-0.4, -0.2) is 28.1 Å². The molecule has 1 rings (SSSR count). The Morgan fingerprint density at radius 1 is 1.67 bits per heavy atom. The molecule has 0 aliphatic carbocycles. The number of thioether (sulfide) groups is 1. The Hall–Kier alpha value is -1.03. The number of carbonyl (C=O) groups is 1. The molecular formula is C12H16N2O2S2. The minimum absolute atomic E-state index is 0.0979. The summed E-state index contributed by atoms with van der Waals surface area (Å²) in [4.78, 5) is 11.6. The number of hydrogen-bond donors (Lipinski definition) is 2. The SMILES string of the molecule is CC(O)C(C)SCCC(=O)Nc1sccc1C#N. The van der Waals surface area contributed by atoms with Gasteiger partial charge in [0.1, 0.15) is 11.1 Å². The Morgan fingerprint density at radius 2 is 2.39 bits per heavy atom. The lowest BCUT2D eigenvalue weighted by atomic mass is 10.3. The number of hydrogen-bond acceptors (Lipinski definition) is 5. The van der Waals surface area contributed by atoms with E-state index in [9.17, 15) is 9.90 Å². The summed E-state index contributed by atoms with van der Waals surface area (Å²) in [7, 11) is 0. The summed E-state index contributed by atoms with van der Waals surface area (Å²) in [6.45, 7) is 3.67. The Balaban J connectivity index is 2.33. The van der Waals surface area contributed by atoms with E-state index in [4.69, 9.17) is 5.26 Å². The third kappa shape index (κ3) is 4.69. The van der Waals surface area contributed by atoms with Gasteiger partial charge in [0.15, 0.2) is 0 Å². The standard InChI is InChI=1S/C12H16N2O2S2/c1-8(15)9(2)17-6-4-11(16)14-12-10(7-13)3-5-18-12/h3,5,8-9,15H,4,6H2,1-2H3,(H,14,16). The van der Waals surface area contributed by atoms with Gasteiger partial charge >= 0.3 is 0 Å². The van der Waals surface area contributed by atoms with Crippen LogP contribution in [-0.2, 0) is 4.79 Å². The van der Waals surface area contributed by atoms with E-state index < -0.39 is 0 Å². The van der Waals surface area contributed by atoms with E-state index in [0.29, 0.717) is 22.7 Å². The predicted molar refractivity (Wildman–Crippen MR) is 75.9 cm³/mol. The molecule has 2 atom stereocenters. The zero-order valence-electron chi connectivity index (χ0n) is 10.3. The van der Waals surface area contributed by atoms with E-state index in [-0.39, 0.29) is 17.3 Å². The number of carbonyl (C=O) groups excluding carboxylic acids is 1. The summed E-state index contributed by atoms with van der Waals surface area (Å²) in [6.07, 6.45) is 0.00497. The lowest BCUT2D eigenvalue weighted by Crippen LogP contribution is -2.17. The second-order valence-corrected chi connectivity index (χ2v) is 6.29. The van der Waals surface area contributed by atoms with Gasteiger partial charge in [0.25, 0.3) is 0 Å². The summed E-state index contributed by atoms with van der Waals surface area (Å²) < 4.78 is 0. The highest BCUT2D eigenvalue weighted by molar-refractivity contribution is 7.99. The fraction of sp³-hybridized carbons (Fsp3) is 0.500. The number of amides is 1. The molecule has 0 fully saturated rings. The highest BCUT2D eigenvalue weighted by Crippen LogP contribution is 2.22. The van der Waals surface area contributed by atoms with Gasteiger partial charge in [-0.1, -0.05) is 6.92 Å². The molecule has 2 unspecified atom stereocenters. The van der Waals surface area contributed by atoms with Crippen molar-refractivity contribution in [1.82, 2.24) is 0 Å². The van der Waals surface area contributed by atoms with Crippen LogP contribution in [0, 0.1) is 11.3 Å². The van der Waals surface area contributed by atoms with E-state index in [1.54, 1.807) is 30.1 Å². The van der Waals surface area contributed by atoms with Crippen LogP contribution in [0.2, 0.25) is 0 Å². The van der Waals surface area contributed by atoms with Gasteiger partial charge in [-0.15, -0.1) is 11.3 Å². The van der Waals surface area contributed by atoms with Gasteiger partial charge in [-0.05, 0) is 18.4 Å². The number of nitrogens with one attached hydrogen (secondary N) is 1. The minimum atomic E-state index is -0.374. The maximum Gasteiger partial charge on any atom is 0.225 e. The topological polar surface area (TPSA) is 73.1 Å². The molecule has 0 bridgehead atoms. The molecule has 18 heavy (non-hydrogen) atoms. The zero-order valence-corrected chi connectivity index (χ0v) is 12.0. The van der Waals surface area contributed by atoms with Crippen LogP contribution >= 0.6 is 23.1 Å². The molecule has 0 aliphatic rings. The van der Waals surface area contributed by atoms with Crippen LogP contribution < -0.4 is 5.32 Å². The fourth-order valence-corrected chi connectivity index (χ4v) is 2.87. The van der Waals surface area contributed by atoms with E-state index in [1.165, 1.54) is 11.3 Å². The summed E-state index contributed by atoms with van der Waals surface area (Å²) in [5.41, 5.74) is 0.498. The zero-order chi connectivity index (χ0) is 13.5. The lowest BCUT2D eigenvalue weighted by molar-refractivity contribution is -0.115. The molecule has 0 aliphatic heterocycles. The second-order valence-electron chi connectivity index (χ2n) is 3.89. The van der Waals surface area contributed by atoms with Gasteiger partial charge in [0, 0.05) is 17.4 Å². The molecular weight excluding hydrogens is 268 g/mol. The second kappa shape index (κ2) is 7.41. The smallest absolute Gasteiger partial charge is 0.225 e. The number of nitrogens with zero attached hydrogens (tertiary/aromatic N) is 1. The maximum atomic E-state index is 11.6. The molecule has 0 radical (unpaired) electrons. The van der Waals surface area contributed by atoms with Crippen molar-refractivity contribution in [2.24, 2.45) is 0 Å². The number of thiophene rings is 1. The molecule has 0 saturated carbocycles. The Kier molecular flexibility index (Phi) is 6.19. The maximum absolute atomic E-state index is 11.6. The largest absolute Gasteiger partial charge is 0.392 e. The number of aliphatic hydroxyl groups is 1. The van der Waals surface area contributed by atoms with Gasteiger partial charge in [0.05, 0.1) is 11.7 Å². The van der Waals surface area contributed by atoms with Crippen molar-refractivity contribution in [3.05, 3.63) is 17.0 Å². The van der Waals surface area contributed by atoms with E-state index in [0.717, 1.165) is 0 Å². The molecule has 0 spiro atoms. The van der Waals surface area contributed by atoms with Crippen molar-refractivity contribution < 1.29 is 9.90 Å². The van der Waals surface area contributed by atoms with Crippen LogP contribution in [0.5, 0.6) is 0 Å². The first-order chi connectivity index (χ1) is 8.54. The van der Waals surface area contributed by atoms with Crippen molar-refractivity contribution in [2.75, 3.05) is 11.1 Å². The normalized spacial score (nSPS) is 13.7. The predicted octanol–water partition coefficient (Wildman–Crippen LogP) is 2.45. The summed E-state index contributed by atoms with van der Waals surface area (Å²) in [5, 5.41) is 23.3. The quantitative estimate of drug-likeness (QED) is 0.841. The number of anilines is 1. The van der Waals surface area contributed by atoms with Crippen molar-refractivity contribution in [3.63, 3.8) is 0 Å². The Labute approximate surface area is 115 Å². The average molecular weight is 284 g/mol. The van der Waals surface area contributed by atoms with Crippen LogP contribution in [0.15, 0.2) is 11.4 Å². The highest BCUT2D eigenvalue weighted by Gasteiger charge is 2.11. The van der Waals surface area contributed by atoms with E-state index in [1.807, 2.05) is 13.0 Å². The summed E-state index contributed by atoms with van der Waals surface area (Å²) in [5.74, 6) is 0.560. The first kappa shape index (κ1) is 15.0. The third-order valence-corrected chi connectivity index (χ3v) is 4.62. The molecule has 1 amide bonds. The van der Waals surface area contributed by atoms with Crippen LogP contribution in [0.1, 0.15) is 25.8 Å². The number of nitriles is 1. The Bertz CT molecular complexity index is 438. The van der Waals surface area contributed by atoms with Crippen molar-refractivity contribution in [2.45, 2.75) is 31.6 Å². The first-order valence-corrected chi connectivity index (χ1v) is 7.54. The average Bonchev–Trinajstić information content (AvgIpc) is 2.75. The molecule has 6 heteroatoms. The van der Waals surface area contributed by atoms with Crippen LogP contribution in [0.3, 0.4) is 0 Å². The van der Waals surface area contributed by atoms with Gasteiger partial charge in [-0.3, -0.25) is 4.79 Å². The van der Waals surface area contributed by atoms with E-state index >= 15 is 0 Å². The molecule has 0 aromatic carbocycles. The number of rotatable bonds is 6. The van der Waals surface area contributed by atoms with Gasteiger partial charge < -0.3 is 10.4 Å². The van der Waals surface area contributed by atoms with Gasteiger partial charge in [-0.2, -0.15) is 17.0 Å². The van der Waals surface area contributed by atoms with Crippen molar-refractivity contribution in [1.29, 1.82) is 5.26 Å². The third-order valence-electron chi connectivity index (χ3n) is 2.43. The Morgan fingerprint density at radius 3 is 3.00 bits per heavy atom. The summed E-state index contributed by atoms with van der Waals surface area (Å²) in [6, 6.07) is 3.71. The van der Waals surface area contributed by atoms with Crippen LogP contribution in [0.4, 0.5) is 5.00 Å². The summed E-state index contributed by atoms with van der Waals surface area (Å²) >= 11 is 2.91. The highest BCUT2D eigenvalue weighted by atomic mass is 32.2. The molecule has 2 N–H and O–H groups in total. The van der Waals surface area contributed by atoms with Crippen molar-refractivity contribution in [3.8, 4) is 6.07 Å². The minimum Gasteiger partial charge on any atom is -0.392 e.